The number of rotatable bonds is 4. The van der Waals surface area contributed by atoms with E-state index in [-0.39, 0.29) is 11.6 Å². The molecule has 0 aromatic carbocycles. The molecule has 2 heterocycles. The van der Waals surface area contributed by atoms with E-state index >= 15 is 0 Å². The first-order valence-electron chi connectivity index (χ1n) is 5.72. The van der Waals surface area contributed by atoms with Crippen LogP contribution in [0.15, 0.2) is 4.52 Å². The summed E-state index contributed by atoms with van der Waals surface area (Å²) in [6.45, 7) is 5.05. The van der Waals surface area contributed by atoms with Gasteiger partial charge in [0.15, 0.2) is 5.82 Å². The molecule has 1 aliphatic rings. The first kappa shape index (κ1) is 11.5. The average Bonchev–Trinajstić information content (AvgIpc) is 2.86. The summed E-state index contributed by atoms with van der Waals surface area (Å²) < 4.78 is 10.6. The zero-order valence-electron chi connectivity index (χ0n) is 10.1. The Balaban J connectivity index is 2.01. The first-order valence-corrected chi connectivity index (χ1v) is 5.72. The highest BCUT2D eigenvalue weighted by atomic mass is 16.5. The Bertz CT molecular complexity index is 343. The lowest BCUT2D eigenvalue weighted by molar-refractivity contribution is 0.0170. The van der Waals surface area contributed by atoms with E-state index in [9.17, 15) is 0 Å². The van der Waals surface area contributed by atoms with Crippen molar-refractivity contribution < 1.29 is 9.26 Å². The van der Waals surface area contributed by atoms with Gasteiger partial charge in [0.1, 0.15) is 0 Å². The molecule has 1 aliphatic heterocycles. The zero-order valence-corrected chi connectivity index (χ0v) is 10.1. The van der Waals surface area contributed by atoms with E-state index in [1.54, 1.807) is 7.11 Å². The maximum absolute atomic E-state index is 5.33. The Labute approximate surface area is 95.6 Å². The highest BCUT2D eigenvalue weighted by molar-refractivity contribution is 4.98. The van der Waals surface area contributed by atoms with Crippen molar-refractivity contribution in [2.24, 2.45) is 0 Å². The Morgan fingerprint density at radius 2 is 2.38 bits per heavy atom. The van der Waals surface area contributed by atoms with Crippen molar-refractivity contribution in [3.8, 4) is 0 Å². The summed E-state index contributed by atoms with van der Waals surface area (Å²) >= 11 is 0. The van der Waals surface area contributed by atoms with Crippen LogP contribution in [0.5, 0.6) is 0 Å². The van der Waals surface area contributed by atoms with Crippen molar-refractivity contribution in [3.63, 3.8) is 0 Å². The van der Waals surface area contributed by atoms with Crippen molar-refractivity contribution in [2.45, 2.75) is 44.8 Å². The molecule has 0 bridgehead atoms. The van der Waals surface area contributed by atoms with Crippen molar-refractivity contribution in [2.75, 3.05) is 13.7 Å². The minimum Gasteiger partial charge on any atom is -0.378 e. The molecule has 1 aromatic heterocycles. The number of methoxy groups -OCH3 is 1. The normalized spacial score (nSPS) is 21.6. The molecule has 0 saturated carbocycles. The molecule has 2 rings (SSSR count). The summed E-state index contributed by atoms with van der Waals surface area (Å²) in [4.78, 5) is 4.41. The topological polar surface area (TPSA) is 60.2 Å². The fourth-order valence-corrected chi connectivity index (χ4v) is 1.82. The van der Waals surface area contributed by atoms with Gasteiger partial charge in [-0.05, 0) is 33.2 Å². The lowest BCUT2D eigenvalue weighted by Gasteiger charge is -2.19. The summed E-state index contributed by atoms with van der Waals surface area (Å²) in [5.74, 6) is 1.43. The van der Waals surface area contributed by atoms with Gasteiger partial charge < -0.3 is 14.6 Å². The number of aromatic nitrogens is 2. The smallest absolute Gasteiger partial charge is 0.229 e. The van der Waals surface area contributed by atoms with E-state index in [4.69, 9.17) is 9.26 Å². The monoisotopic (exact) mass is 225 g/mol. The van der Waals surface area contributed by atoms with Gasteiger partial charge in [0.2, 0.25) is 5.89 Å². The Kier molecular flexibility index (Phi) is 3.25. The largest absolute Gasteiger partial charge is 0.378 e. The molecule has 0 amide bonds. The maximum Gasteiger partial charge on any atom is 0.229 e. The molecule has 16 heavy (non-hydrogen) atoms. The molecule has 1 fully saturated rings. The second-order valence-corrected chi connectivity index (χ2v) is 4.84. The highest BCUT2D eigenvalue weighted by Gasteiger charge is 2.25. The van der Waals surface area contributed by atoms with Crippen molar-refractivity contribution in [1.82, 2.24) is 15.5 Å². The Hall–Kier alpha value is -0.940. The van der Waals surface area contributed by atoms with Crippen molar-refractivity contribution in [1.29, 1.82) is 0 Å². The van der Waals surface area contributed by atoms with E-state index in [1.165, 1.54) is 6.42 Å². The van der Waals surface area contributed by atoms with Gasteiger partial charge in [0.05, 0.1) is 18.1 Å². The van der Waals surface area contributed by atoms with Gasteiger partial charge in [-0.1, -0.05) is 5.16 Å². The molecule has 1 atom stereocenters. The SMILES string of the molecule is COC(C)(C)Cc1nc(C2CCCN2)no1. The molecule has 1 aromatic rings. The molecule has 1 N–H and O–H groups in total. The maximum atomic E-state index is 5.33. The number of hydrogen-bond acceptors (Lipinski definition) is 5. The van der Waals surface area contributed by atoms with E-state index in [1.807, 2.05) is 13.8 Å². The van der Waals surface area contributed by atoms with Gasteiger partial charge in [-0.2, -0.15) is 4.98 Å². The van der Waals surface area contributed by atoms with Gasteiger partial charge >= 0.3 is 0 Å². The molecule has 90 valence electrons. The molecule has 0 aliphatic carbocycles. The minimum absolute atomic E-state index is 0.257. The third kappa shape index (κ3) is 2.59. The highest BCUT2D eigenvalue weighted by Crippen LogP contribution is 2.21. The first-order chi connectivity index (χ1) is 7.61. The van der Waals surface area contributed by atoms with E-state index < -0.39 is 0 Å². The predicted octanol–water partition coefficient (Wildman–Crippen LogP) is 1.46. The zero-order chi connectivity index (χ0) is 11.6. The van der Waals surface area contributed by atoms with E-state index in [0.29, 0.717) is 12.3 Å². The summed E-state index contributed by atoms with van der Waals surface area (Å²) in [5, 5.41) is 7.36. The summed E-state index contributed by atoms with van der Waals surface area (Å²) in [5.41, 5.74) is -0.257. The minimum atomic E-state index is -0.257. The van der Waals surface area contributed by atoms with Crippen molar-refractivity contribution >= 4 is 0 Å². The Morgan fingerprint density at radius 1 is 1.56 bits per heavy atom. The van der Waals surface area contributed by atoms with Gasteiger partial charge in [0, 0.05) is 7.11 Å². The number of nitrogens with one attached hydrogen (secondary N) is 1. The summed E-state index contributed by atoms with van der Waals surface area (Å²) in [7, 11) is 1.69. The molecule has 1 unspecified atom stereocenters. The van der Waals surface area contributed by atoms with Crippen LogP contribution in [-0.2, 0) is 11.2 Å². The van der Waals surface area contributed by atoms with Gasteiger partial charge in [-0.15, -0.1) is 0 Å². The van der Waals surface area contributed by atoms with Crippen LogP contribution in [0.2, 0.25) is 0 Å². The fourth-order valence-electron chi connectivity index (χ4n) is 1.82. The summed E-state index contributed by atoms with van der Waals surface area (Å²) in [6, 6.07) is 0.267. The summed E-state index contributed by atoms with van der Waals surface area (Å²) in [6.07, 6.45) is 2.91. The average molecular weight is 225 g/mol. The molecule has 5 heteroatoms. The van der Waals surface area contributed by atoms with Crippen LogP contribution >= 0.6 is 0 Å². The molecule has 0 spiro atoms. The molecular formula is C11H19N3O2. The molecule has 1 saturated heterocycles. The van der Waals surface area contributed by atoms with Crippen LogP contribution in [0.3, 0.4) is 0 Å². The quantitative estimate of drug-likeness (QED) is 0.840. The standard InChI is InChI=1S/C11H19N3O2/c1-11(2,15-3)7-9-13-10(14-16-9)8-5-4-6-12-8/h8,12H,4-7H2,1-3H3. The van der Waals surface area contributed by atoms with Crippen LogP contribution in [0.1, 0.15) is 44.4 Å². The number of ether oxygens (including phenoxy) is 1. The van der Waals surface area contributed by atoms with E-state index in [0.717, 1.165) is 18.8 Å². The molecular weight excluding hydrogens is 206 g/mol. The van der Waals surface area contributed by atoms with Gasteiger partial charge in [0.25, 0.3) is 0 Å². The van der Waals surface area contributed by atoms with Crippen LogP contribution in [0.25, 0.3) is 0 Å². The van der Waals surface area contributed by atoms with Crippen LogP contribution in [0, 0.1) is 0 Å². The van der Waals surface area contributed by atoms with Gasteiger partial charge in [-0.25, -0.2) is 0 Å². The van der Waals surface area contributed by atoms with Crippen LogP contribution in [0.4, 0.5) is 0 Å². The third-order valence-corrected chi connectivity index (χ3v) is 2.99. The molecule has 5 nitrogen and oxygen atoms in total. The van der Waals surface area contributed by atoms with Crippen molar-refractivity contribution in [3.05, 3.63) is 11.7 Å². The molecule has 0 radical (unpaired) electrons. The Morgan fingerprint density at radius 3 is 3.00 bits per heavy atom. The van der Waals surface area contributed by atoms with E-state index in [2.05, 4.69) is 15.5 Å². The van der Waals surface area contributed by atoms with Crippen LogP contribution < -0.4 is 5.32 Å². The lowest BCUT2D eigenvalue weighted by atomic mass is 10.1. The third-order valence-electron chi connectivity index (χ3n) is 2.99. The number of nitrogens with zero attached hydrogens (tertiary/aromatic N) is 2. The second-order valence-electron chi connectivity index (χ2n) is 4.84. The fraction of sp³-hybridized carbons (Fsp3) is 0.818. The lowest BCUT2D eigenvalue weighted by Crippen LogP contribution is -2.25. The van der Waals surface area contributed by atoms with Gasteiger partial charge in [-0.3, -0.25) is 0 Å². The second kappa shape index (κ2) is 4.51. The number of hydrogen-bond donors (Lipinski definition) is 1. The van der Waals surface area contributed by atoms with Crippen LogP contribution in [-0.4, -0.2) is 29.4 Å². The predicted molar refractivity (Wildman–Crippen MR) is 59.1 cm³/mol.